The van der Waals surface area contributed by atoms with E-state index in [-0.39, 0.29) is 6.03 Å². The summed E-state index contributed by atoms with van der Waals surface area (Å²) in [7, 11) is 0. The van der Waals surface area contributed by atoms with Crippen LogP contribution in [-0.2, 0) is 11.3 Å². The molecule has 0 aromatic heterocycles. The quantitative estimate of drug-likeness (QED) is 0.702. The van der Waals surface area contributed by atoms with Crippen molar-refractivity contribution >= 4 is 23.7 Å². The average Bonchev–Trinajstić information content (AvgIpc) is 2.43. The Morgan fingerprint density at radius 1 is 1.15 bits per heavy atom. The number of nitrogens with one attached hydrogen (secondary N) is 3. The van der Waals surface area contributed by atoms with Crippen molar-refractivity contribution in [2.45, 2.75) is 13.5 Å². The maximum absolute atomic E-state index is 11.5. The van der Waals surface area contributed by atoms with E-state index in [1.165, 1.54) is 0 Å². The topological polar surface area (TPSA) is 79.5 Å². The zero-order valence-corrected chi connectivity index (χ0v) is 12.0. The summed E-state index contributed by atoms with van der Waals surface area (Å²) in [6.45, 7) is 3.00. The van der Waals surface area contributed by atoms with E-state index in [0.29, 0.717) is 31.3 Å². The molecule has 0 radical (unpaired) electrons. The first-order chi connectivity index (χ1) is 9.63. The predicted octanol–water partition coefficient (Wildman–Crippen LogP) is 1.89. The number of rotatable bonds is 6. The van der Waals surface area contributed by atoms with Crippen LogP contribution in [0.5, 0.6) is 0 Å². The second-order valence-corrected chi connectivity index (χ2v) is 4.26. The third-order valence-electron chi connectivity index (χ3n) is 2.35. The summed E-state index contributed by atoms with van der Waals surface area (Å²) in [6, 6.07) is 6.96. The molecule has 7 heteroatoms. The van der Waals surface area contributed by atoms with Crippen molar-refractivity contribution < 1.29 is 14.3 Å². The first-order valence-corrected chi connectivity index (χ1v) is 6.67. The van der Waals surface area contributed by atoms with Gasteiger partial charge in [0.25, 0.3) is 0 Å². The molecule has 0 atom stereocenters. The van der Waals surface area contributed by atoms with Crippen molar-refractivity contribution in [2.75, 3.05) is 19.7 Å². The maximum atomic E-state index is 11.5. The summed E-state index contributed by atoms with van der Waals surface area (Å²) < 4.78 is 4.67. The van der Waals surface area contributed by atoms with E-state index in [0.717, 1.165) is 5.56 Å². The molecule has 20 heavy (non-hydrogen) atoms. The van der Waals surface area contributed by atoms with Crippen molar-refractivity contribution in [3.05, 3.63) is 34.9 Å². The van der Waals surface area contributed by atoms with E-state index in [2.05, 4.69) is 20.7 Å². The van der Waals surface area contributed by atoms with Gasteiger partial charge >= 0.3 is 12.1 Å². The fraction of sp³-hybridized carbons (Fsp3) is 0.385. The second-order valence-electron chi connectivity index (χ2n) is 3.85. The molecule has 0 aliphatic heterocycles. The molecule has 0 aliphatic carbocycles. The summed E-state index contributed by atoms with van der Waals surface area (Å²) >= 11 is 5.97. The highest BCUT2D eigenvalue weighted by molar-refractivity contribution is 6.31. The Kier molecular flexibility index (Phi) is 7.27. The van der Waals surface area contributed by atoms with Crippen LogP contribution < -0.4 is 16.0 Å². The van der Waals surface area contributed by atoms with Gasteiger partial charge in [-0.2, -0.15) is 0 Å². The second kappa shape index (κ2) is 9.03. The van der Waals surface area contributed by atoms with E-state index in [1.807, 2.05) is 18.2 Å². The summed E-state index contributed by atoms with van der Waals surface area (Å²) in [5, 5.41) is 8.39. The molecule has 0 bridgehead atoms. The van der Waals surface area contributed by atoms with Gasteiger partial charge in [-0.1, -0.05) is 29.8 Å². The van der Waals surface area contributed by atoms with Gasteiger partial charge in [-0.05, 0) is 18.6 Å². The highest BCUT2D eigenvalue weighted by atomic mass is 35.5. The summed E-state index contributed by atoms with van der Waals surface area (Å²) in [5.74, 6) is 0. The molecule has 0 fully saturated rings. The lowest BCUT2D eigenvalue weighted by molar-refractivity contribution is 0.152. The van der Waals surface area contributed by atoms with Gasteiger partial charge in [-0.15, -0.1) is 0 Å². The van der Waals surface area contributed by atoms with Gasteiger partial charge in [0.05, 0.1) is 6.61 Å². The maximum Gasteiger partial charge on any atom is 0.407 e. The van der Waals surface area contributed by atoms with Gasteiger partial charge in [0, 0.05) is 24.7 Å². The molecular weight excluding hydrogens is 282 g/mol. The number of urea groups is 1. The largest absolute Gasteiger partial charge is 0.450 e. The SMILES string of the molecule is CCOC(=O)NCCNC(=O)NCc1ccccc1Cl. The van der Waals surface area contributed by atoms with Crippen molar-refractivity contribution in [1.29, 1.82) is 0 Å². The molecule has 110 valence electrons. The third kappa shape index (κ3) is 6.29. The minimum Gasteiger partial charge on any atom is -0.450 e. The zero-order chi connectivity index (χ0) is 14.8. The van der Waals surface area contributed by atoms with Crippen molar-refractivity contribution in [2.24, 2.45) is 0 Å². The van der Waals surface area contributed by atoms with Crippen LogP contribution >= 0.6 is 11.6 Å². The minimum atomic E-state index is -0.495. The normalized spacial score (nSPS) is 9.70. The minimum absolute atomic E-state index is 0.304. The van der Waals surface area contributed by atoms with Crippen LogP contribution in [0, 0.1) is 0 Å². The summed E-state index contributed by atoms with van der Waals surface area (Å²) in [5.41, 5.74) is 0.842. The number of ether oxygens (including phenoxy) is 1. The summed E-state index contributed by atoms with van der Waals surface area (Å²) in [4.78, 5) is 22.4. The van der Waals surface area contributed by atoms with Crippen molar-refractivity contribution in [1.82, 2.24) is 16.0 Å². The Balaban J connectivity index is 2.15. The molecule has 0 aliphatic rings. The molecule has 1 aromatic rings. The number of halogens is 1. The van der Waals surface area contributed by atoms with Gasteiger partial charge in [0.1, 0.15) is 0 Å². The Morgan fingerprint density at radius 2 is 1.85 bits per heavy atom. The molecular formula is C13H18ClN3O3. The molecule has 1 rings (SSSR count). The average molecular weight is 300 g/mol. The number of carbonyl (C=O) groups excluding carboxylic acids is 2. The molecule has 0 spiro atoms. The lowest BCUT2D eigenvalue weighted by atomic mass is 10.2. The molecule has 0 saturated heterocycles. The molecule has 0 unspecified atom stereocenters. The number of amides is 3. The van der Waals surface area contributed by atoms with Crippen LogP contribution in [0.25, 0.3) is 0 Å². The van der Waals surface area contributed by atoms with Crippen LogP contribution in [0.4, 0.5) is 9.59 Å². The first kappa shape index (κ1) is 16.1. The van der Waals surface area contributed by atoms with E-state index in [1.54, 1.807) is 13.0 Å². The van der Waals surface area contributed by atoms with Crippen molar-refractivity contribution in [3.63, 3.8) is 0 Å². The fourth-order valence-corrected chi connectivity index (χ4v) is 1.61. The number of benzene rings is 1. The number of hydrogen-bond acceptors (Lipinski definition) is 3. The van der Waals surface area contributed by atoms with E-state index < -0.39 is 6.09 Å². The van der Waals surface area contributed by atoms with E-state index in [4.69, 9.17) is 11.6 Å². The smallest absolute Gasteiger partial charge is 0.407 e. The van der Waals surface area contributed by atoms with Crippen LogP contribution in [-0.4, -0.2) is 31.8 Å². The first-order valence-electron chi connectivity index (χ1n) is 6.29. The van der Waals surface area contributed by atoms with E-state index >= 15 is 0 Å². The van der Waals surface area contributed by atoms with Gasteiger partial charge < -0.3 is 20.7 Å². The third-order valence-corrected chi connectivity index (χ3v) is 2.72. The van der Waals surface area contributed by atoms with Crippen LogP contribution in [0.15, 0.2) is 24.3 Å². The monoisotopic (exact) mass is 299 g/mol. The molecule has 6 nitrogen and oxygen atoms in total. The lowest BCUT2D eigenvalue weighted by Crippen LogP contribution is -2.40. The predicted molar refractivity (Wildman–Crippen MR) is 76.7 cm³/mol. The Labute approximate surface area is 122 Å². The van der Waals surface area contributed by atoms with Crippen LogP contribution in [0.1, 0.15) is 12.5 Å². The number of hydrogen-bond donors (Lipinski definition) is 3. The zero-order valence-electron chi connectivity index (χ0n) is 11.2. The van der Waals surface area contributed by atoms with Gasteiger partial charge in [-0.25, -0.2) is 9.59 Å². The molecule has 3 amide bonds. The van der Waals surface area contributed by atoms with Gasteiger partial charge in [-0.3, -0.25) is 0 Å². The summed E-state index contributed by atoms with van der Waals surface area (Å²) in [6.07, 6.45) is -0.495. The molecule has 1 aromatic carbocycles. The number of carbonyl (C=O) groups is 2. The molecule has 0 heterocycles. The Bertz CT molecular complexity index is 454. The van der Waals surface area contributed by atoms with Gasteiger partial charge in [0.15, 0.2) is 0 Å². The van der Waals surface area contributed by atoms with Crippen LogP contribution in [0.3, 0.4) is 0 Å². The fourth-order valence-electron chi connectivity index (χ4n) is 1.40. The number of alkyl carbamates (subject to hydrolysis) is 1. The molecule has 0 saturated carbocycles. The lowest BCUT2D eigenvalue weighted by Gasteiger charge is -2.09. The highest BCUT2D eigenvalue weighted by Crippen LogP contribution is 2.13. The highest BCUT2D eigenvalue weighted by Gasteiger charge is 2.03. The van der Waals surface area contributed by atoms with E-state index in [9.17, 15) is 9.59 Å². The standard InChI is InChI=1S/C13H18ClN3O3/c1-2-20-13(19)16-8-7-15-12(18)17-9-10-5-3-4-6-11(10)14/h3-6H,2,7-9H2,1H3,(H,16,19)(H2,15,17,18). The molecule has 3 N–H and O–H groups in total. The Morgan fingerprint density at radius 3 is 2.55 bits per heavy atom. The van der Waals surface area contributed by atoms with Gasteiger partial charge in [0.2, 0.25) is 0 Å². The Hall–Kier alpha value is -1.95. The van der Waals surface area contributed by atoms with Crippen molar-refractivity contribution in [3.8, 4) is 0 Å². The van der Waals surface area contributed by atoms with Crippen LogP contribution in [0.2, 0.25) is 5.02 Å².